The van der Waals surface area contributed by atoms with Crippen molar-refractivity contribution in [3.63, 3.8) is 0 Å². The second-order valence-electron chi connectivity index (χ2n) is 5.01. The lowest BCUT2D eigenvalue weighted by Gasteiger charge is -2.08. The van der Waals surface area contributed by atoms with E-state index in [-0.39, 0.29) is 16.3 Å². The number of methoxy groups -OCH3 is 1. The fraction of sp³-hybridized carbons (Fsp3) is 0.200. The highest BCUT2D eigenvalue weighted by molar-refractivity contribution is 7.89. The molecular formula is C15H18N2O5S2. The van der Waals surface area contributed by atoms with Gasteiger partial charge in [0.1, 0.15) is 5.75 Å². The third-order valence-corrected chi connectivity index (χ3v) is 5.73. The van der Waals surface area contributed by atoms with E-state index in [0.717, 1.165) is 5.56 Å². The Morgan fingerprint density at radius 2 is 1.46 bits per heavy atom. The Bertz CT molecular complexity index is 890. The van der Waals surface area contributed by atoms with Crippen LogP contribution >= 0.6 is 0 Å². The van der Waals surface area contributed by atoms with Crippen LogP contribution in [0, 0.1) is 0 Å². The summed E-state index contributed by atoms with van der Waals surface area (Å²) >= 11 is 0. The Hall–Kier alpha value is -1.94. The molecule has 0 aliphatic carbocycles. The Morgan fingerprint density at radius 3 is 1.96 bits per heavy atom. The van der Waals surface area contributed by atoms with E-state index >= 15 is 0 Å². The Kier molecular flexibility index (Phi) is 5.60. The first-order valence-corrected chi connectivity index (χ1v) is 10.0. The lowest BCUT2D eigenvalue weighted by molar-refractivity contribution is 0.414. The van der Waals surface area contributed by atoms with Crippen molar-refractivity contribution in [2.75, 3.05) is 13.7 Å². The first-order valence-electron chi connectivity index (χ1n) is 6.98. The molecule has 0 radical (unpaired) electrons. The molecule has 0 aromatic heterocycles. The first-order chi connectivity index (χ1) is 11.2. The molecule has 0 atom stereocenters. The maximum absolute atomic E-state index is 12.2. The van der Waals surface area contributed by atoms with Gasteiger partial charge in [0.2, 0.25) is 20.0 Å². The van der Waals surface area contributed by atoms with Crippen molar-refractivity contribution in [3.8, 4) is 5.75 Å². The van der Waals surface area contributed by atoms with Gasteiger partial charge in [-0.05, 0) is 48.4 Å². The second kappa shape index (κ2) is 7.31. The quantitative estimate of drug-likeness (QED) is 0.750. The molecule has 130 valence electrons. The van der Waals surface area contributed by atoms with E-state index in [4.69, 9.17) is 9.88 Å². The zero-order chi connectivity index (χ0) is 17.8. The van der Waals surface area contributed by atoms with Gasteiger partial charge in [-0.15, -0.1) is 0 Å². The number of nitrogens with one attached hydrogen (secondary N) is 1. The van der Waals surface area contributed by atoms with Gasteiger partial charge in [-0.2, -0.15) is 0 Å². The summed E-state index contributed by atoms with van der Waals surface area (Å²) in [4.78, 5) is 0.165. The molecular weight excluding hydrogens is 352 g/mol. The smallest absolute Gasteiger partial charge is 0.240 e. The number of sulfonamides is 2. The van der Waals surface area contributed by atoms with Crippen molar-refractivity contribution in [2.24, 2.45) is 5.14 Å². The van der Waals surface area contributed by atoms with Gasteiger partial charge < -0.3 is 4.74 Å². The Morgan fingerprint density at radius 1 is 0.917 bits per heavy atom. The predicted octanol–water partition coefficient (Wildman–Crippen LogP) is 0.864. The van der Waals surface area contributed by atoms with Crippen LogP contribution in [0.15, 0.2) is 58.3 Å². The molecule has 2 aromatic carbocycles. The molecule has 9 heteroatoms. The molecule has 24 heavy (non-hydrogen) atoms. The molecule has 7 nitrogen and oxygen atoms in total. The highest BCUT2D eigenvalue weighted by Crippen LogP contribution is 2.15. The normalized spacial score (nSPS) is 12.1. The van der Waals surface area contributed by atoms with Crippen LogP contribution in [0.25, 0.3) is 0 Å². The minimum absolute atomic E-state index is 0.0186. The molecule has 0 heterocycles. The van der Waals surface area contributed by atoms with Gasteiger partial charge in [0.05, 0.1) is 16.9 Å². The molecule has 0 aliphatic heterocycles. The highest BCUT2D eigenvalue weighted by atomic mass is 32.2. The molecule has 2 aromatic rings. The van der Waals surface area contributed by atoms with E-state index in [9.17, 15) is 16.8 Å². The summed E-state index contributed by atoms with van der Waals surface area (Å²) in [5, 5.41) is 5.02. The van der Waals surface area contributed by atoms with Gasteiger partial charge in [0.15, 0.2) is 0 Å². The molecule has 0 unspecified atom stereocenters. The van der Waals surface area contributed by atoms with Gasteiger partial charge in [-0.25, -0.2) is 26.7 Å². The summed E-state index contributed by atoms with van der Waals surface area (Å²) in [6, 6.07) is 12.0. The van der Waals surface area contributed by atoms with Crippen LogP contribution in [0.3, 0.4) is 0 Å². The van der Waals surface area contributed by atoms with E-state index in [1.54, 1.807) is 24.3 Å². The van der Waals surface area contributed by atoms with Crippen LogP contribution in [0.2, 0.25) is 0 Å². The first kappa shape index (κ1) is 18.4. The van der Waals surface area contributed by atoms with Crippen LogP contribution in [0.4, 0.5) is 0 Å². The minimum Gasteiger partial charge on any atom is -0.497 e. The van der Waals surface area contributed by atoms with E-state index in [1.165, 1.54) is 31.4 Å². The number of rotatable bonds is 7. The van der Waals surface area contributed by atoms with E-state index < -0.39 is 20.0 Å². The van der Waals surface area contributed by atoms with Crippen LogP contribution < -0.4 is 14.6 Å². The van der Waals surface area contributed by atoms with Crippen molar-refractivity contribution in [1.29, 1.82) is 0 Å². The maximum atomic E-state index is 12.2. The van der Waals surface area contributed by atoms with Gasteiger partial charge in [-0.1, -0.05) is 12.1 Å². The fourth-order valence-corrected chi connectivity index (χ4v) is 3.56. The molecule has 0 spiro atoms. The Balaban J connectivity index is 1.97. The lowest BCUT2D eigenvalue weighted by atomic mass is 10.2. The van der Waals surface area contributed by atoms with E-state index in [2.05, 4.69) is 4.72 Å². The Labute approximate surface area is 141 Å². The number of benzene rings is 2. The van der Waals surface area contributed by atoms with Crippen molar-refractivity contribution >= 4 is 20.0 Å². The number of hydrogen-bond acceptors (Lipinski definition) is 5. The van der Waals surface area contributed by atoms with Gasteiger partial charge >= 0.3 is 0 Å². The minimum atomic E-state index is -3.73. The molecule has 0 bridgehead atoms. The third kappa shape index (κ3) is 4.78. The number of hydrogen-bond donors (Lipinski definition) is 2. The number of nitrogens with two attached hydrogens (primary N) is 1. The second-order valence-corrected chi connectivity index (χ2v) is 8.34. The molecule has 2 rings (SSSR count). The molecule has 0 saturated carbocycles. The lowest BCUT2D eigenvalue weighted by Crippen LogP contribution is -2.26. The maximum Gasteiger partial charge on any atom is 0.240 e. The average Bonchev–Trinajstić information content (AvgIpc) is 2.54. The molecule has 0 amide bonds. The van der Waals surface area contributed by atoms with E-state index in [0.29, 0.717) is 12.2 Å². The van der Waals surface area contributed by atoms with Crippen LogP contribution in [-0.2, 0) is 26.5 Å². The summed E-state index contributed by atoms with van der Waals surface area (Å²) < 4.78 is 54.1. The molecule has 3 N–H and O–H groups in total. The zero-order valence-corrected chi connectivity index (χ0v) is 14.6. The summed E-state index contributed by atoms with van der Waals surface area (Å²) in [6.07, 6.45) is 0.417. The fourth-order valence-electron chi connectivity index (χ4n) is 2.01. The largest absolute Gasteiger partial charge is 0.497 e. The third-order valence-electron chi connectivity index (χ3n) is 3.33. The summed E-state index contributed by atoms with van der Waals surface area (Å²) in [5.41, 5.74) is 0.792. The van der Waals surface area contributed by atoms with Gasteiger partial charge in [0.25, 0.3) is 0 Å². The van der Waals surface area contributed by atoms with Crippen molar-refractivity contribution in [2.45, 2.75) is 16.2 Å². The van der Waals surface area contributed by atoms with Crippen LogP contribution in [-0.4, -0.2) is 30.5 Å². The summed E-state index contributed by atoms with van der Waals surface area (Å²) in [7, 11) is -5.83. The molecule has 0 saturated heterocycles. The number of ether oxygens (including phenoxy) is 1. The standard InChI is InChI=1S/C15H18N2O5S2/c1-22-13-4-8-15(9-5-13)24(20,21)17-11-10-12-2-6-14(7-3-12)23(16,18)19/h2-9,17H,10-11H2,1H3,(H2,16,18,19). The van der Waals surface area contributed by atoms with Crippen molar-refractivity contribution in [3.05, 3.63) is 54.1 Å². The number of primary sulfonamides is 1. The molecule has 0 aliphatic rings. The summed E-state index contributed by atoms with van der Waals surface area (Å²) in [6.45, 7) is 0.184. The van der Waals surface area contributed by atoms with E-state index in [1.807, 2.05) is 0 Å². The van der Waals surface area contributed by atoms with Crippen molar-refractivity contribution < 1.29 is 21.6 Å². The van der Waals surface area contributed by atoms with Crippen LogP contribution in [0.1, 0.15) is 5.56 Å². The van der Waals surface area contributed by atoms with Crippen molar-refractivity contribution in [1.82, 2.24) is 4.72 Å². The zero-order valence-electron chi connectivity index (χ0n) is 13.0. The predicted molar refractivity (Wildman–Crippen MR) is 89.7 cm³/mol. The van der Waals surface area contributed by atoms with Gasteiger partial charge in [-0.3, -0.25) is 0 Å². The highest BCUT2D eigenvalue weighted by Gasteiger charge is 2.13. The summed E-state index contributed by atoms with van der Waals surface area (Å²) in [5.74, 6) is 0.573. The van der Waals surface area contributed by atoms with Gasteiger partial charge in [0, 0.05) is 6.54 Å². The average molecular weight is 370 g/mol. The SMILES string of the molecule is COc1ccc(S(=O)(=O)NCCc2ccc(S(N)(=O)=O)cc2)cc1. The monoisotopic (exact) mass is 370 g/mol. The van der Waals surface area contributed by atoms with Crippen LogP contribution in [0.5, 0.6) is 5.75 Å². The topological polar surface area (TPSA) is 116 Å². The molecule has 0 fully saturated rings.